The summed E-state index contributed by atoms with van der Waals surface area (Å²) >= 11 is 0. The number of hydrogen-bond acceptors (Lipinski definition) is 1. The summed E-state index contributed by atoms with van der Waals surface area (Å²) in [5.74, 6) is -0.227. The molecule has 2 heteroatoms. The fraction of sp³-hybridized carbons (Fsp3) is 0.0625. The summed E-state index contributed by atoms with van der Waals surface area (Å²) in [5, 5.41) is 8.59. The summed E-state index contributed by atoms with van der Waals surface area (Å²) in [7, 11) is 0. The summed E-state index contributed by atoms with van der Waals surface area (Å²) in [5.41, 5.74) is 3.29. The molecule has 0 aliphatic carbocycles. The minimum Gasteiger partial charge on any atom is -0.206 e. The van der Waals surface area contributed by atoms with Gasteiger partial charge in [-0.2, -0.15) is 5.26 Å². The zero-order valence-corrected chi connectivity index (χ0v) is 10.0. The van der Waals surface area contributed by atoms with E-state index in [2.05, 4.69) is 0 Å². The van der Waals surface area contributed by atoms with Crippen LogP contribution in [0.15, 0.2) is 54.6 Å². The van der Waals surface area contributed by atoms with Gasteiger partial charge in [-0.15, -0.1) is 0 Å². The molecule has 0 N–H and O–H groups in total. The summed E-state index contributed by atoms with van der Waals surface area (Å²) in [6.07, 6.45) is 1.50. The molecule has 0 atom stereocenters. The van der Waals surface area contributed by atoms with Crippen LogP contribution in [0.3, 0.4) is 0 Å². The highest BCUT2D eigenvalue weighted by atomic mass is 19.1. The van der Waals surface area contributed by atoms with Gasteiger partial charge in [-0.3, -0.25) is 0 Å². The van der Waals surface area contributed by atoms with Gasteiger partial charge in [-0.25, -0.2) is 4.39 Å². The fourth-order valence-electron chi connectivity index (χ4n) is 1.79. The third kappa shape index (κ3) is 2.46. The molecule has 0 aromatic heterocycles. The molecule has 0 aliphatic rings. The van der Waals surface area contributed by atoms with Gasteiger partial charge in [0, 0.05) is 11.6 Å². The van der Waals surface area contributed by atoms with Gasteiger partial charge in [0.2, 0.25) is 0 Å². The summed E-state index contributed by atoms with van der Waals surface area (Å²) in [4.78, 5) is 0. The van der Waals surface area contributed by atoms with Crippen LogP contribution < -0.4 is 0 Å². The number of halogens is 1. The molecule has 0 aliphatic heterocycles. The highest BCUT2D eigenvalue weighted by molar-refractivity contribution is 5.70. The number of rotatable bonds is 2. The summed E-state index contributed by atoms with van der Waals surface area (Å²) in [6, 6.07) is 16.2. The molecule has 88 valence electrons. The number of nitriles is 1. The van der Waals surface area contributed by atoms with Gasteiger partial charge in [0.25, 0.3) is 0 Å². The first-order valence-corrected chi connectivity index (χ1v) is 5.64. The van der Waals surface area contributed by atoms with Crippen molar-refractivity contribution in [2.24, 2.45) is 0 Å². The normalized spacial score (nSPS) is 11.1. The average molecular weight is 237 g/mol. The third-order valence-electron chi connectivity index (χ3n) is 2.81. The molecule has 2 rings (SSSR count). The van der Waals surface area contributed by atoms with E-state index in [1.54, 1.807) is 12.1 Å². The van der Waals surface area contributed by atoms with Gasteiger partial charge < -0.3 is 0 Å². The molecular formula is C16H12FN. The number of benzene rings is 2. The van der Waals surface area contributed by atoms with Gasteiger partial charge >= 0.3 is 0 Å². The lowest BCUT2D eigenvalue weighted by Crippen LogP contribution is -1.85. The van der Waals surface area contributed by atoms with Crippen LogP contribution in [-0.4, -0.2) is 0 Å². The van der Waals surface area contributed by atoms with Gasteiger partial charge in [-0.05, 0) is 29.7 Å². The van der Waals surface area contributed by atoms with E-state index in [-0.39, 0.29) is 5.82 Å². The third-order valence-corrected chi connectivity index (χ3v) is 2.81. The minimum absolute atomic E-state index is 0.227. The molecule has 0 amide bonds. The number of hydrogen-bond donors (Lipinski definition) is 0. The van der Waals surface area contributed by atoms with Gasteiger partial charge in [0.05, 0.1) is 6.07 Å². The second-order valence-corrected chi connectivity index (χ2v) is 4.01. The Bertz CT molecular complexity index is 618. The van der Waals surface area contributed by atoms with E-state index in [1.807, 2.05) is 43.3 Å². The Labute approximate surface area is 106 Å². The lowest BCUT2D eigenvalue weighted by molar-refractivity contribution is 0.631. The van der Waals surface area contributed by atoms with Crippen molar-refractivity contribution in [1.29, 1.82) is 5.26 Å². The summed E-state index contributed by atoms with van der Waals surface area (Å²) < 4.78 is 13.6. The van der Waals surface area contributed by atoms with Crippen molar-refractivity contribution >= 4 is 5.57 Å². The molecule has 0 radical (unpaired) electrons. The van der Waals surface area contributed by atoms with Crippen molar-refractivity contribution in [3.8, 4) is 17.2 Å². The molecule has 0 spiro atoms. The second-order valence-electron chi connectivity index (χ2n) is 4.01. The van der Waals surface area contributed by atoms with Crippen LogP contribution >= 0.6 is 0 Å². The lowest BCUT2D eigenvalue weighted by atomic mass is 10.0. The maximum absolute atomic E-state index is 13.6. The summed E-state index contributed by atoms with van der Waals surface area (Å²) in [6.45, 7) is 1.88. The van der Waals surface area contributed by atoms with Crippen LogP contribution in [0.1, 0.15) is 12.5 Å². The Morgan fingerprint density at radius 1 is 1.11 bits per heavy atom. The Morgan fingerprint density at radius 3 is 2.39 bits per heavy atom. The zero-order valence-electron chi connectivity index (χ0n) is 10.0. The maximum Gasteiger partial charge on any atom is 0.131 e. The largest absolute Gasteiger partial charge is 0.206 e. The molecule has 0 unspecified atom stereocenters. The predicted octanol–water partition coefficient (Wildman–Crippen LogP) is 4.42. The van der Waals surface area contributed by atoms with Crippen molar-refractivity contribution in [2.45, 2.75) is 6.92 Å². The van der Waals surface area contributed by atoms with Crippen molar-refractivity contribution in [1.82, 2.24) is 0 Å². The second kappa shape index (κ2) is 5.29. The van der Waals surface area contributed by atoms with Crippen molar-refractivity contribution in [3.63, 3.8) is 0 Å². The number of allylic oxidation sites excluding steroid dienone is 2. The quantitative estimate of drug-likeness (QED) is 0.709. The van der Waals surface area contributed by atoms with Crippen LogP contribution in [-0.2, 0) is 0 Å². The first-order chi connectivity index (χ1) is 8.72. The molecule has 0 saturated heterocycles. The van der Waals surface area contributed by atoms with Crippen molar-refractivity contribution < 1.29 is 4.39 Å². The van der Waals surface area contributed by atoms with E-state index in [0.29, 0.717) is 5.56 Å². The smallest absolute Gasteiger partial charge is 0.131 e. The molecule has 2 aromatic carbocycles. The molecule has 2 aromatic rings. The molecule has 0 bridgehead atoms. The Balaban J connectivity index is 2.38. The number of nitrogens with zero attached hydrogens (tertiary/aromatic N) is 1. The van der Waals surface area contributed by atoms with Crippen LogP contribution in [0.25, 0.3) is 16.7 Å². The van der Waals surface area contributed by atoms with Crippen LogP contribution in [0, 0.1) is 17.1 Å². The highest BCUT2D eigenvalue weighted by Gasteiger charge is 2.03. The zero-order chi connectivity index (χ0) is 13.0. The first-order valence-electron chi connectivity index (χ1n) is 5.64. The topological polar surface area (TPSA) is 23.8 Å². The molecule has 0 fully saturated rings. The highest BCUT2D eigenvalue weighted by Crippen LogP contribution is 2.24. The predicted molar refractivity (Wildman–Crippen MR) is 71.1 cm³/mol. The molecule has 0 heterocycles. The Kier molecular flexibility index (Phi) is 3.54. The van der Waals surface area contributed by atoms with Gasteiger partial charge in [0.1, 0.15) is 5.82 Å². The standard InChI is InChI=1S/C16H12FN/c1-12(10-11-18)13-6-8-14(9-7-13)15-4-2-3-5-16(15)17/h2-10H,1H3/b12-10+. The fourth-order valence-corrected chi connectivity index (χ4v) is 1.79. The molecule has 0 saturated carbocycles. The van der Waals surface area contributed by atoms with E-state index >= 15 is 0 Å². The Morgan fingerprint density at radius 2 is 1.78 bits per heavy atom. The molecule has 18 heavy (non-hydrogen) atoms. The average Bonchev–Trinajstić information content (AvgIpc) is 2.40. The minimum atomic E-state index is -0.227. The van der Waals surface area contributed by atoms with E-state index in [4.69, 9.17) is 5.26 Å². The molecule has 1 nitrogen and oxygen atoms in total. The van der Waals surface area contributed by atoms with Crippen LogP contribution in [0.4, 0.5) is 4.39 Å². The van der Waals surface area contributed by atoms with E-state index in [1.165, 1.54) is 12.1 Å². The lowest BCUT2D eigenvalue weighted by Gasteiger charge is -2.05. The molecular weight excluding hydrogens is 225 g/mol. The van der Waals surface area contributed by atoms with Crippen molar-refractivity contribution in [3.05, 3.63) is 66.0 Å². The SMILES string of the molecule is C/C(=C\C#N)c1ccc(-c2ccccc2F)cc1. The first kappa shape index (κ1) is 12.1. The maximum atomic E-state index is 13.6. The van der Waals surface area contributed by atoms with Crippen LogP contribution in [0.2, 0.25) is 0 Å². The van der Waals surface area contributed by atoms with E-state index in [9.17, 15) is 4.39 Å². The van der Waals surface area contributed by atoms with Crippen LogP contribution in [0.5, 0.6) is 0 Å². The van der Waals surface area contributed by atoms with Gasteiger partial charge in [-0.1, -0.05) is 42.5 Å². The van der Waals surface area contributed by atoms with Crippen molar-refractivity contribution in [2.75, 3.05) is 0 Å². The monoisotopic (exact) mass is 237 g/mol. The van der Waals surface area contributed by atoms with E-state index in [0.717, 1.165) is 16.7 Å². The van der Waals surface area contributed by atoms with Gasteiger partial charge in [0.15, 0.2) is 0 Å². The van der Waals surface area contributed by atoms with E-state index < -0.39 is 0 Å². The Hall–Kier alpha value is -2.40.